The average Bonchev–Trinajstić information content (AvgIpc) is 0.764. The Morgan fingerprint density at radius 2 is 0.429 bits per heavy atom. The number of ether oxygens (including phenoxy) is 10. The van der Waals surface area contributed by atoms with Crippen molar-refractivity contribution in [2.45, 2.75) is 199 Å². The minimum atomic E-state index is -7.01. The first-order valence-electron chi connectivity index (χ1n) is 26.9. The van der Waals surface area contributed by atoms with Crippen LogP contribution in [0.15, 0.2) is 74.4 Å². The summed E-state index contributed by atoms with van der Waals surface area (Å²) >= 11 is 0. The van der Waals surface area contributed by atoms with Crippen molar-refractivity contribution in [3.05, 3.63) is 74.4 Å². The standard InChI is InChI=1S/2C9H8F10O2.C8H4F12O2.C8H7F9O2.C8H7F9O.C5H4F6O.3CH3F/c2*1-3-5(11)20-9(18,19)7(14,8(15,16)17)21-6(12,13)4(2)10;1-3(9)5(13,14)22-6(15,7(16,17)18)8(19,20)21-2-4(10,11)12;1-4(9)7(14,15)19-5(2,10)8(16,17)18-3-6(11,12)13;1-3-5(10,11)7(14,8(15,16)17)18-6(12,13)4(2)9;1-3(6)5(10,11)12-2-4(7,8)9;3*1-2/h2*5H,2-3H2,1H3;1-2H2;1,3H2,2H3;2-3H2,1H3;1-2H2;3*1H3. The predicted octanol–water partition coefficient (Wildman–Crippen LogP) is 26.4. The fourth-order valence-corrected chi connectivity index (χ4v) is 4.15. The molecule has 0 N–H and O–H groups in total. The minimum absolute atomic E-state index is 0.347. The summed E-state index contributed by atoms with van der Waals surface area (Å²) in [5, 5.41) is 0. The van der Waals surface area contributed by atoms with E-state index in [9.17, 15) is 259 Å². The highest BCUT2D eigenvalue weighted by Gasteiger charge is 2.81. The molecule has 119 heavy (non-hydrogen) atoms. The summed E-state index contributed by atoms with van der Waals surface area (Å²) in [6, 6.07) is 0. The quantitative estimate of drug-likeness (QED) is 0.0580. The number of rotatable bonds is 34. The van der Waals surface area contributed by atoms with Gasteiger partial charge < -0.3 is 14.2 Å². The molecule has 0 spiro atoms. The zero-order chi connectivity index (χ0) is 99.4. The van der Waals surface area contributed by atoms with E-state index < -0.39 is 226 Å². The van der Waals surface area contributed by atoms with Gasteiger partial charge in [0.05, 0.1) is 21.5 Å². The van der Waals surface area contributed by atoms with Crippen LogP contribution in [0.5, 0.6) is 0 Å². The van der Waals surface area contributed by atoms with Crippen molar-refractivity contribution in [1.29, 1.82) is 0 Å². The highest BCUT2D eigenvalue weighted by molar-refractivity contribution is 5.01. The molecule has 10 nitrogen and oxygen atoms in total. The van der Waals surface area contributed by atoms with E-state index in [1.54, 1.807) is 6.58 Å². The van der Waals surface area contributed by atoms with Gasteiger partial charge in [-0.15, -0.1) is 0 Å². The monoisotopic (exact) mass is 1930 g/mol. The second-order valence-electron chi connectivity index (χ2n) is 19.0. The molecule has 720 valence electrons. The molecular weight excluding hydrogens is 1880 g/mol. The zero-order valence-electron chi connectivity index (χ0n) is 57.5. The van der Waals surface area contributed by atoms with E-state index in [2.05, 4.69) is 49.2 Å². The van der Waals surface area contributed by atoms with Gasteiger partial charge in [0.15, 0.2) is 35.0 Å². The molecule has 0 rings (SSSR count). The van der Waals surface area contributed by atoms with Gasteiger partial charge in [-0.05, 0) is 0 Å². The molecule has 0 aliphatic rings. The molecule has 0 aromatic heterocycles. The van der Waals surface area contributed by atoms with Crippen LogP contribution in [0.3, 0.4) is 0 Å². The summed E-state index contributed by atoms with van der Waals surface area (Å²) < 4.78 is 745. The normalized spacial score (nSPS) is 16.5. The number of alkyl halides is 53. The molecule has 0 aromatic rings. The fraction of sp³-hybridized carbons (Fsp3) is 0.760. The molecule has 0 saturated carbocycles. The molecule has 0 fully saturated rings. The lowest BCUT2D eigenvalue weighted by Gasteiger charge is -2.35. The second kappa shape index (κ2) is 46.6. The molecular formula is C50H47F59O10. The Morgan fingerprint density at radius 1 is 0.252 bits per heavy atom. The molecule has 0 aliphatic heterocycles. The number of halogens is 59. The molecule has 69 heteroatoms. The van der Waals surface area contributed by atoms with E-state index in [-0.39, 0.29) is 6.92 Å². The van der Waals surface area contributed by atoms with Crippen LogP contribution in [-0.4, -0.2) is 194 Å². The van der Waals surface area contributed by atoms with E-state index in [0.717, 1.165) is 13.8 Å². The third kappa shape index (κ3) is 42.2. The highest BCUT2D eigenvalue weighted by atomic mass is 19.5. The van der Waals surface area contributed by atoms with Crippen LogP contribution in [0.1, 0.15) is 47.0 Å². The Balaban J connectivity index is -0.000000173. The van der Waals surface area contributed by atoms with E-state index in [1.807, 2.05) is 31.1 Å². The third-order valence-electron chi connectivity index (χ3n) is 9.75. The fourth-order valence-electron chi connectivity index (χ4n) is 4.15. The van der Waals surface area contributed by atoms with Gasteiger partial charge in [-0.1, -0.05) is 60.2 Å². The van der Waals surface area contributed by atoms with Crippen LogP contribution >= 0.6 is 0 Å². The Kier molecular flexibility index (Phi) is 51.3. The Bertz CT molecular complexity index is 2930. The largest absolute Gasteiger partial charge is 0.458 e. The number of hydrogen-bond acceptors (Lipinski definition) is 10. The molecule has 0 bridgehead atoms. The van der Waals surface area contributed by atoms with E-state index >= 15 is 0 Å². The Hall–Kier alpha value is -6.09. The lowest BCUT2D eigenvalue weighted by Crippen LogP contribution is -2.61. The predicted molar refractivity (Wildman–Crippen MR) is 270 cm³/mol. The SMILES string of the molecule is C=C(F)C(F)(F)OC(C)(F)C(F)(F)OCC(F)(F)F.C=C(F)C(F)(F)OC(F)(C(F)(F)F)C(F)(F)CC.C=C(F)C(F)(F)OC(F)(C(F)(F)F)C(F)(F)OC(F)CC.C=C(F)C(F)(F)OC(F)(C(F)(F)F)C(F)(F)OC(F)CC.C=C(F)C(F)(F)OC(F)(C(F)(F)F)C(F)(F)OCC(F)(F)F.C=C(F)C(F)(F)OCC(F)(F)F.CF.CF.CF. The van der Waals surface area contributed by atoms with Gasteiger partial charge >= 0.3 is 140 Å². The van der Waals surface area contributed by atoms with E-state index in [4.69, 9.17) is 0 Å². The Labute approximate surface area is 621 Å². The van der Waals surface area contributed by atoms with Crippen LogP contribution in [0.25, 0.3) is 0 Å². The topological polar surface area (TPSA) is 92.3 Å². The maximum atomic E-state index is 13.4. The van der Waals surface area contributed by atoms with Gasteiger partial charge in [-0.2, -0.15) is 206 Å². The van der Waals surface area contributed by atoms with Crippen LogP contribution in [0, 0.1) is 0 Å². The van der Waals surface area contributed by atoms with Gasteiger partial charge in [0.1, 0.15) is 19.8 Å². The first kappa shape index (κ1) is 131. The molecule has 7 atom stereocenters. The van der Waals surface area contributed by atoms with Crippen molar-refractivity contribution in [2.75, 3.05) is 41.4 Å². The molecule has 0 heterocycles. The van der Waals surface area contributed by atoms with Crippen LogP contribution < -0.4 is 0 Å². The average molecular weight is 1930 g/mol. The molecule has 7 unspecified atom stereocenters. The van der Waals surface area contributed by atoms with Crippen LogP contribution in [0.4, 0.5) is 259 Å². The highest BCUT2D eigenvalue weighted by Crippen LogP contribution is 2.56. The zero-order valence-corrected chi connectivity index (χ0v) is 57.5. The van der Waals surface area contributed by atoms with Crippen molar-refractivity contribution >= 4 is 0 Å². The van der Waals surface area contributed by atoms with Crippen molar-refractivity contribution in [2.24, 2.45) is 0 Å². The summed E-state index contributed by atoms with van der Waals surface area (Å²) in [7, 11) is 1.50. The van der Waals surface area contributed by atoms with Crippen molar-refractivity contribution in [1.82, 2.24) is 0 Å². The first-order chi connectivity index (χ1) is 51.5. The third-order valence-corrected chi connectivity index (χ3v) is 9.75. The minimum Gasteiger partial charge on any atom is -0.306 e. The summed E-state index contributed by atoms with van der Waals surface area (Å²) in [6.07, 6.45) is -110. The van der Waals surface area contributed by atoms with E-state index in [0.29, 0.717) is 28.5 Å². The van der Waals surface area contributed by atoms with Gasteiger partial charge in [-0.25, -0.2) is 39.5 Å². The lowest BCUT2D eigenvalue weighted by molar-refractivity contribution is -0.504. The maximum absolute atomic E-state index is 13.4. The van der Waals surface area contributed by atoms with Crippen LogP contribution in [0.2, 0.25) is 0 Å². The lowest BCUT2D eigenvalue weighted by atomic mass is 10.1. The van der Waals surface area contributed by atoms with Crippen LogP contribution in [-0.2, 0) is 47.4 Å². The smallest absolute Gasteiger partial charge is 0.306 e. The van der Waals surface area contributed by atoms with E-state index in [1.165, 1.54) is 0 Å². The van der Waals surface area contributed by atoms with Gasteiger partial charge in [0, 0.05) is 26.2 Å². The summed E-state index contributed by atoms with van der Waals surface area (Å²) in [4.78, 5) is 0. The molecule has 0 amide bonds. The molecule has 0 aliphatic carbocycles. The van der Waals surface area contributed by atoms with Crippen molar-refractivity contribution in [3.63, 3.8) is 0 Å². The second-order valence-corrected chi connectivity index (χ2v) is 19.0. The molecule has 0 aromatic carbocycles. The Morgan fingerprint density at radius 3 is 0.605 bits per heavy atom. The summed E-state index contributed by atoms with van der Waals surface area (Å²) in [5.41, 5.74) is 0. The maximum Gasteiger partial charge on any atom is 0.458 e. The van der Waals surface area contributed by atoms with Crippen molar-refractivity contribution in [3.8, 4) is 0 Å². The first-order valence-corrected chi connectivity index (χ1v) is 26.9. The summed E-state index contributed by atoms with van der Waals surface area (Å²) in [6.45, 7) is 5.10. The van der Waals surface area contributed by atoms with Gasteiger partial charge in [0.2, 0.25) is 12.7 Å². The number of hydrogen-bond donors (Lipinski definition) is 0. The van der Waals surface area contributed by atoms with Gasteiger partial charge in [0.25, 0.3) is 0 Å². The van der Waals surface area contributed by atoms with Crippen molar-refractivity contribution < 1.29 is 306 Å². The molecule has 0 saturated heterocycles. The van der Waals surface area contributed by atoms with Gasteiger partial charge in [-0.3, -0.25) is 46.3 Å². The molecule has 0 radical (unpaired) electrons. The summed E-state index contributed by atoms with van der Waals surface area (Å²) in [5.74, 6) is -52.7.